The quantitative estimate of drug-likeness (QED) is 0.537. The highest BCUT2D eigenvalue weighted by Crippen LogP contribution is 2.36. The van der Waals surface area contributed by atoms with E-state index in [1.54, 1.807) is 6.92 Å². The molecule has 146 valence electrons. The van der Waals surface area contributed by atoms with Gasteiger partial charge in [0.1, 0.15) is 22.1 Å². The molecule has 7 nitrogen and oxygen atoms in total. The summed E-state index contributed by atoms with van der Waals surface area (Å²) in [5.74, 6) is 0.0586. The van der Waals surface area contributed by atoms with Crippen molar-refractivity contribution in [2.45, 2.75) is 6.92 Å². The van der Waals surface area contributed by atoms with Crippen LogP contribution in [-0.4, -0.2) is 33.2 Å². The summed E-state index contributed by atoms with van der Waals surface area (Å²) in [7, 11) is 1.52. The molecule has 0 radical (unpaired) electrons. The van der Waals surface area contributed by atoms with Crippen molar-refractivity contribution in [3.63, 3.8) is 0 Å². The van der Waals surface area contributed by atoms with E-state index in [-0.39, 0.29) is 11.6 Å². The average Bonchev–Trinajstić information content (AvgIpc) is 3.36. The second kappa shape index (κ2) is 7.80. The summed E-state index contributed by atoms with van der Waals surface area (Å²) < 4.78 is 20.9. The number of hydrogen-bond acceptors (Lipinski definition) is 6. The van der Waals surface area contributed by atoms with Crippen molar-refractivity contribution in [2.24, 2.45) is 0 Å². The number of aryl methyl sites for hydroxylation is 1. The van der Waals surface area contributed by atoms with E-state index in [4.69, 9.17) is 4.74 Å². The molecule has 2 aromatic carbocycles. The molecule has 0 spiro atoms. The molecule has 4 aromatic rings. The van der Waals surface area contributed by atoms with Gasteiger partial charge in [0.15, 0.2) is 5.82 Å². The van der Waals surface area contributed by atoms with Crippen LogP contribution in [0.3, 0.4) is 0 Å². The molecule has 1 N–H and O–H groups in total. The Labute approximate surface area is 169 Å². The Balaban J connectivity index is 1.63. The van der Waals surface area contributed by atoms with E-state index in [2.05, 4.69) is 20.8 Å². The van der Waals surface area contributed by atoms with Crippen molar-refractivity contribution in [3.05, 3.63) is 71.1 Å². The molecule has 4 rings (SSSR count). The SMILES string of the molecule is COc1cc(-c2ccccc2)sc1C(=O)Nc1ccc(F)c(-n2nnnc2C)c1. The summed E-state index contributed by atoms with van der Waals surface area (Å²) in [5, 5.41) is 13.8. The number of amides is 1. The van der Waals surface area contributed by atoms with Crippen LogP contribution in [0.25, 0.3) is 16.1 Å². The van der Waals surface area contributed by atoms with Gasteiger partial charge in [0.05, 0.1) is 7.11 Å². The van der Waals surface area contributed by atoms with E-state index in [1.807, 2.05) is 36.4 Å². The molecule has 0 fully saturated rings. The highest BCUT2D eigenvalue weighted by Gasteiger charge is 2.19. The van der Waals surface area contributed by atoms with Crippen LogP contribution < -0.4 is 10.1 Å². The first kappa shape index (κ1) is 18.8. The molecular weight excluding hydrogens is 393 g/mol. The van der Waals surface area contributed by atoms with Gasteiger partial charge in [-0.3, -0.25) is 4.79 Å². The number of thiophene rings is 1. The molecule has 29 heavy (non-hydrogen) atoms. The molecule has 9 heteroatoms. The number of aromatic nitrogens is 4. The number of methoxy groups -OCH3 is 1. The largest absolute Gasteiger partial charge is 0.495 e. The minimum atomic E-state index is -0.501. The number of rotatable bonds is 5. The first-order chi connectivity index (χ1) is 14.1. The zero-order chi connectivity index (χ0) is 20.4. The number of nitrogens with one attached hydrogen (secondary N) is 1. The number of ether oxygens (including phenoxy) is 1. The standard InChI is InChI=1S/C20H16FN5O2S/c1-12-23-24-25-26(12)16-10-14(8-9-15(16)21)22-20(27)19-17(28-2)11-18(29-19)13-6-4-3-5-7-13/h3-11H,1-2H3,(H,22,27). The smallest absolute Gasteiger partial charge is 0.269 e. The van der Waals surface area contributed by atoms with Crippen LogP contribution in [0, 0.1) is 12.7 Å². The molecule has 0 unspecified atom stereocenters. The summed E-state index contributed by atoms with van der Waals surface area (Å²) in [5.41, 5.74) is 1.56. The van der Waals surface area contributed by atoms with Gasteiger partial charge in [-0.2, -0.15) is 4.68 Å². The predicted octanol–water partition coefficient (Wildman–Crippen LogP) is 4.10. The minimum Gasteiger partial charge on any atom is -0.495 e. The number of carbonyl (C=O) groups is 1. The molecule has 0 saturated carbocycles. The molecule has 0 atom stereocenters. The number of benzene rings is 2. The summed E-state index contributed by atoms with van der Waals surface area (Å²) in [6, 6.07) is 15.8. The fourth-order valence-corrected chi connectivity index (χ4v) is 3.85. The molecule has 2 aromatic heterocycles. The third-order valence-electron chi connectivity index (χ3n) is 4.24. The molecule has 0 aliphatic heterocycles. The van der Waals surface area contributed by atoms with Crippen molar-refractivity contribution in [2.75, 3.05) is 12.4 Å². The second-order valence-corrected chi connectivity index (χ2v) is 7.18. The third-order valence-corrected chi connectivity index (χ3v) is 5.40. The lowest BCUT2D eigenvalue weighted by atomic mass is 10.2. The van der Waals surface area contributed by atoms with Crippen LogP contribution >= 0.6 is 11.3 Å². The predicted molar refractivity (Wildman–Crippen MR) is 108 cm³/mol. The number of hydrogen-bond donors (Lipinski definition) is 1. The monoisotopic (exact) mass is 409 g/mol. The van der Waals surface area contributed by atoms with Gasteiger partial charge in [-0.25, -0.2) is 4.39 Å². The maximum absolute atomic E-state index is 14.2. The van der Waals surface area contributed by atoms with Crippen molar-refractivity contribution in [1.29, 1.82) is 0 Å². The summed E-state index contributed by atoms with van der Waals surface area (Å²) in [6.07, 6.45) is 0. The van der Waals surface area contributed by atoms with Gasteiger partial charge in [0, 0.05) is 10.6 Å². The lowest BCUT2D eigenvalue weighted by molar-refractivity contribution is 0.102. The van der Waals surface area contributed by atoms with E-state index in [9.17, 15) is 9.18 Å². The first-order valence-corrected chi connectivity index (χ1v) is 9.48. The second-order valence-electron chi connectivity index (χ2n) is 6.13. The number of anilines is 1. The topological polar surface area (TPSA) is 81.9 Å². The number of tetrazole rings is 1. The van der Waals surface area contributed by atoms with E-state index < -0.39 is 5.82 Å². The first-order valence-electron chi connectivity index (χ1n) is 8.66. The Morgan fingerprint density at radius 2 is 1.97 bits per heavy atom. The van der Waals surface area contributed by atoms with Gasteiger partial charge in [-0.05, 0) is 47.2 Å². The molecule has 0 saturated heterocycles. The highest BCUT2D eigenvalue weighted by molar-refractivity contribution is 7.17. The van der Waals surface area contributed by atoms with Gasteiger partial charge >= 0.3 is 0 Å². The van der Waals surface area contributed by atoms with Gasteiger partial charge in [-0.15, -0.1) is 16.4 Å². The Hall–Kier alpha value is -3.59. The van der Waals surface area contributed by atoms with Crippen LogP contribution in [0.5, 0.6) is 5.75 Å². The molecule has 1 amide bonds. The molecule has 0 aliphatic carbocycles. The lowest BCUT2D eigenvalue weighted by Gasteiger charge is -2.09. The van der Waals surface area contributed by atoms with Crippen LogP contribution in [0.4, 0.5) is 10.1 Å². The van der Waals surface area contributed by atoms with Crippen LogP contribution in [-0.2, 0) is 0 Å². The summed E-state index contributed by atoms with van der Waals surface area (Å²) in [6.45, 7) is 1.66. The Morgan fingerprint density at radius 1 is 1.17 bits per heavy atom. The summed E-state index contributed by atoms with van der Waals surface area (Å²) in [4.78, 5) is 14.2. The Kier molecular flexibility index (Phi) is 5.05. The van der Waals surface area contributed by atoms with Crippen molar-refractivity contribution in [3.8, 4) is 21.9 Å². The molecule has 0 bridgehead atoms. The Bertz CT molecular complexity index is 1170. The van der Waals surface area contributed by atoms with Crippen LogP contribution in [0.2, 0.25) is 0 Å². The van der Waals surface area contributed by atoms with Gasteiger partial charge < -0.3 is 10.1 Å². The average molecular weight is 409 g/mol. The van der Waals surface area contributed by atoms with Gasteiger partial charge in [0.25, 0.3) is 5.91 Å². The fraction of sp³-hybridized carbons (Fsp3) is 0.100. The zero-order valence-corrected chi connectivity index (χ0v) is 16.4. The number of nitrogens with zero attached hydrogens (tertiary/aromatic N) is 4. The van der Waals surface area contributed by atoms with E-state index in [1.165, 1.54) is 41.3 Å². The maximum atomic E-state index is 14.2. The van der Waals surface area contributed by atoms with E-state index >= 15 is 0 Å². The molecular formula is C20H16FN5O2S. The lowest BCUT2D eigenvalue weighted by Crippen LogP contribution is -2.12. The molecule has 0 aliphatic rings. The van der Waals surface area contributed by atoms with E-state index in [0.29, 0.717) is 22.1 Å². The van der Waals surface area contributed by atoms with Gasteiger partial charge in [0.2, 0.25) is 0 Å². The Morgan fingerprint density at radius 3 is 2.66 bits per heavy atom. The van der Waals surface area contributed by atoms with Crippen molar-refractivity contribution in [1.82, 2.24) is 20.2 Å². The zero-order valence-electron chi connectivity index (χ0n) is 15.6. The molecule has 2 heterocycles. The minimum absolute atomic E-state index is 0.147. The van der Waals surface area contributed by atoms with Gasteiger partial charge in [-0.1, -0.05) is 30.3 Å². The normalized spacial score (nSPS) is 10.7. The number of carbonyl (C=O) groups excluding carboxylic acids is 1. The maximum Gasteiger partial charge on any atom is 0.269 e. The van der Waals surface area contributed by atoms with Crippen LogP contribution in [0.1, 0.15) is 15.5 Å². The summed E-state index contributed by atoms with van der Waals surface area (Å²) >= 11 is 1.32. The third kappa shape index (κ3) is 3.72. The van der Waals surface area contributed by atoms with Crippen molar-refractivity contribution < 1.29 is 13.9 Å². The fourth-order valence-electron chi connectivity index (χ4n) is 2.82. The highest BCUT2D eigenvalue weighted by atomic mass is 32.1. The number of halogens is 1. The van der Waals surface area contributed by atoms with E-state index in [0.717, 1.165) is 10.4 Å². The van der Waals surface area contributed by atoms with Crippen LogP contribution in [0.15, 0.2) is 54.6 Å². The van der Waals surface area contributed by atoms with Crippen molar-refractivity contribution >= 4 is 22.9 Å².